The number of carbonyl (C=O) groups excluding carboxylic acids is 1. The molecule has 1 amide bonds. The molecule has 1 aromatic rings. The molecule has 1 atom stereocenters. The van der Waals surface area contributed by atoms with Crippen molar-refractivity contribution < 1.29 is 4.79 Å². The van der Waals surface area contributed by atoms with Crippen LogP contribution in [0.3, 0.4) is 0 Å². The predicted octanol–water partition coefficient (Wildman–Crippen LogP) is 3.69. The molecule has 0 saturated heterocycles. The minimum atomic E-state index is 0. The minimum absolute atomic E-state index is 0. The van der Waals surface area contributed by atoms with E-state index < -0.39 is 0 Å². The Morgan fingerprint density at radius 2 is 1.95 bits per heavy atom. The molecule has 3 nitrogen and oxygen atoms in total. The van der Waals surface area contributed by atoms with E-state index in [2.05, 4.69) is 25.1 Å². The average Bonchev–Trinajstić information content (AvgIpc) is 2.84. The first-order chi connectivity index (χ1) is 10.2. The zero-order valence-corrected chi connectivity index (χ0v) is 14.2. The van der Waals surface area contributed by atoms with Crippen LogP contribution in [0.25, 0.3) is 0 Å². The van der Waals surface area contributed by atoms with Gasteiger partial charge in [-0.3, -0.25) is 4.79 Å². The third-order valence-corrected chi connectivity index (χ3v) is 5.35. The van der Waals surface area contributed by atoms with E-state index in [-0.39, 0.29) is 29.8 Å². The lowest BCUT2D eigenvalue weighted by Crippen LogP contribution is -2.42. The fourth-order valence-electron chi connectivity index (χ4n) is 4.11. The number of para-hydroxylation sites is 1. The van der Waals surface area contributed by atoms with E-state index in [0.717, 1.165) is 24.9 Å². The molecule has 3 rings (SSSR count). The number of nitrogens with two attached hydrogens (primary N) is 1. The summed E-state index contributed by atoms with van der Waals surface area (Å²) in [4.78, 5) is 14.9. The average molecular weight is 323 g/mol. The lowest BCUT2D eigenvalue weighted by atomic mass is 9.71. The van der Waals surface area contributed by atoms with E-state index in [1.165, 1.54) is 24.8 Å². The number of benzene rings is 1. The van der Waals surface area contributed by atoms with Gasteiger partial charge in [0.25, 0.3) is 0 Å². The van der Waals surface area contributed by atoms with Crippen molar-refractivity contribution in [1.29, 1.82) is 0 Å². The molecule has 1 aliphatic heterocycles. The summed E-state index contributed by atoms with van der Waals surface area (Å²) >= 11 is 0. The van der Waals surface area contributed by atoms with Gasteiger partial charge in [-0.1, -0.05) is 37.5 Å². The molecule has 1 fully saturated rings. The fourth-order valence-corrected chi connectivity index (χ4v) is 4.11. The zero-order valence-electron chi connectivity index (χ0n) is 13.4. The summed E-state index contributed by atoms with van der Waals surface area (Å²) in [6, 6.07) is 8.57. The van der Waals surface area contributed by atoms with Crippen LogP contribution in [0.15, 0.2) is 24.3 Å². The highest BCUT2D eigenvalue weighted by molar-refractivity contribution is 5.96. The molecule has 0 spiro atoms. The first-order valence-corrected chi connectivity index (χ1v) is 8.25. The normalized spacial score (nSPS) is 22.8. The smallest absolute Gasteiger partial charge is 0.227 e. The van der Waals surface area contributed by atoms with E-state index in [0.29, 0.717) is 13.0 Å². The number of rotatable bonds is 3. The zero-order chi connectivity index (χ0) is 14.9. The van der Waals surface area contributed by atoms with Crippen LogP contribution in [0, 0.1) is 5.41 Å². The summed E-state index contributed by atoms with van der Waals surface area (Å²) < 4.78 is 0. The van der Waals surface area contributed by atoms with Crippen LogP contribution < -0.4 is 10.6 Å². The molecule has 0 radical (unpaired) electrons. The molecule has 0 bridgehead atoms. The largest absolute Gasteiger partial charge is 0.330 e. The van der Waals surface area contributed by atoms with Crippen molar-refractivity contribution in [2.24, 2.45) is 11.1 Å². The van der Waals surface area contributed by atoms with Crippen molar-refractivity contribution in [1.82, 2.24) is 0 Å². The number of fused-ring (bicyclic) bond motifs is 1. The van der Waals surface area contributed by atoms with Gasteiger partial charge in [0.15, 0.2) is 0 Å². The number of hydrogen-bond acceptors (Lipinski definition) is 2. The quantitative estimate of drug-likeness (QED) is 0.922. The summed E-state index contributed by atoms with van der Waals surface area (Å²) in [7, 11) is 0. The van der Waals surface area contributed by atoms with E-state index in [9.17, 15) is 4.79 Å². The Bertz CT molecular complexity index is 526. The molecule has 1 heterocycles. The molecule has 2 aliphatic rings. The maximum Gasteiger partial charge on any atom is 0.227 e. The first-order valence-electron chi connectivity index (χ1n) is 8.25. The van der Waals surface area contributed by atoms with Gasteiger partial charge in [0.05, 0.1) is 0 Å². The molecule has 1 saturated carbocycles. The van der Waals surface area contributed by atoms with Gasteiger partial charge in [-0.05, 0) is 49.8 Å². The first kappa shape index (κ1) is 17.3. The molecule has 4 heteroatoms. The Morgan fingerprint density at radius 1 is 1.27 bits per heavy atom. The van der Waals surface area contributed by atoms with Crippen molar-refractivity contribution in [3.8, 4) is 0 Å². The van der Waals surface area contributed by atoms with Gasteiger partial charge in [0.1, 0.15) is 0 Å². The summed E-state index contributed by atoms with van der Waals surface area (Å²) in [6.07, 6.45) is 7.53. The number of nitrogens with zero attached hydrogens (tertiary/aromatic N) is 1. The maximum atomic E-state index is 12.9. The van der Waals surface area contributed by atoms with E-state index in [1.54, 1.807) is 0 Å². The Labute approximate surface area is 139 Å². The molecule has 122 valence electrons. The van der Waals surface area contributed by atoms with Gasteiger partial charge in [-0.25, -0.2) is 0 Å². The van der Waals surface area contributed by atoms with Crippen LogP contribution in [0.2, 0.25) is 0 Å². The van der Waals surface area contributed by atoms with Crippen LogP contribution in [0.5, 0.6) is 0 Å². The summed E-state index contributed by atoms with van der Waals surface area (Å²) in [5.41, 5.74) is 8.50. The summed E-state index contributed by atoms with van der Waals surface area (Å²) in [5, 5.41) is 0. The van der Waals surface area contributed by atoms with E-state index in [4.69, 9.17) is 5.73 Å². The fraction of sp³-hybridized carbons (Fsp3) is 0.611. The summed E-state index contributed by atoms with van der Waals surface area (Å²) in [5.74, 6) is 0.264. The lowest BCUT2D eigenvalue weighted by molar-refractivity contribution is -0.121. The lowest BCUT2D eigenvalue weighted by Gasteiger charge is -2.37. The van der Waals surface area contributed by atoms with Crippen LogP contribution in [-0.2, 0) is 11.2 Å². The Hall–Kier alpha value is -1.06. The molecule has 2 N–H and O–H groups in total. The highest BCUT2D eigenvalue weighted by Gasteiger charge is 2.37. The predicted molar refractivity (Wildman–Crippen MR) is 93.5 cm³/mol. The van der Waals surface area contributed by atoms with Crippen LogP contribution in [0.1, 0.15) is 51.0 Å². The van der Waals surface area contributed by atoms with Crippen LogP contribution in [-0.4, -0.2) is 18.5 Å². The second-order valence-corrected chi connectivity index (χ2v) is 6.89. The highest BCUT2D eigenvalue weighted by Crippen LogP contribution is 2.40. The molecule has 1 unspecified atom stereocenters. The highest BCUT2D eigenvalue weighted by atomic mass is 35.5. The number of hydrogen-bond donors (Lipinski definition) is 1. The molecular formula is C18H27ClN2O. The maximum absolute atomic E-state index is 12.9. The second-order valence-electron chi connectivity index (χ2n) is 6.89. The van der Waals surface area contributed by atoms with Gasteiger partial charge >= 0.3 is 0 Å². The van der Waals surface area contributed by atoms with Crippen molar-refractivity contribution in [3.63, 3.8) is 0 Å². The van der Waals surface area contributed by atoms with Gasteiger partial charge in [-0.15, -0.1) is 12.4 Å². The van der Waals surface area contributed by atoms with Gasteiger partial charge in [-0.2, -0.15) is 0 Å². The number of amides is 1. The van der Waals surface area contributed by atoms with Crippen molar-refractivity contribution >= 4 is 24.0 Å². The molecule has 1 aromatic carbocycles. The van der Waals surface area contributed by atoms with Gasteiger partial charge in [0, 0.05) is 18.2 Å². The molecule has 1 aliphatic carbocycles. The number of anilines is 1. The third kappa shape index (κ3) is 3.16. The van der Waals surface area contributed by atoms with Gasteiger partial charge in [0.2, 0.25) is 5.91 Å². The Kier molecular flexibility index (Phi) is 5.51. The monoisotopic (exact) mass is 322 g/mol. The molecule has 0 aromatic heterocycles. The van der Waals surface area contributed by atoms with Crippen LogP contribution in [0.4, 0.5) is 5.69 Å². The summed E-state index contributed by atoms with van der Waals surface area (Å²) in [6.45, 7) is 2.79. The van der Waals surface area contributed by atoms with Crippen LogP contribution >= 0.6 is 12.4 Å². The second kappa shape index (κ2) is 7.01. The third-order valence-electron chi connectivity index (χ3n) is 5.35. The standard InChI is InChI=1S/C18H26N2O.ClH/c1-14-11-15-7-3-4-8-16(15)20(14)17(21)12-18(13-19)9-5-2-6-10-18;/h3-4,7-8,14H,2,5-6,9-13,19H2,1H3;1H. The van der Waals surface area contributed by atoms with E-state index >= 15 is 0 Å². The Balaban J connectivity index is 0.00000176. The molecule has 22 heavy (non-hydrogen) atoms. The van der Waals surface area contributed by atoms with Gasteiger partial charge < -0.3 is 10.6 Å². The van der Waals surface area contributed by atoms with Crippen molar-refractivity contribution in [2.45, 2.75) is 57.9 Å². The number of halogens is 1. The topological polar surface area (TPSA) is 46.3 Å². The molecular weight excluding hydrogens is 296 g/mol. The van der Waals surface area contributed by atoms with Crippen molar-refractivity contribution in [2.75, 3.05) is 11.4 Å². The van der Waals surface area contributed by atoms with E-state index in [1.807, 2.05) is 11.0 Å². The Morgan fingerprint density at radius 3 is 2.64 bits per heavy atom. The minimum Gasteiger partial charge on any atom is -0.330 e. The van der Waals surface area contributed by atoms with Crippen molar-refractivity contribution in [3.05, 3.63) is 29.8 Å². The SMILES string of the molecule is CC1Cc2ccccc2N1C(=O)CC1(CN)CCCCC1.Cl. The number of carbonyl (C=O) groups is 1.